The Morgan fingerprint density at radius 2 is 1.86 bits per heavy atom. The third-order valence-corrected chi connectivity index (χ3v) is 3.20. The molecule has 0 saturated carbocycles. The highest BCUT2D eigenvalue weighted by molar-refractivity contribution is 6.03. The van der Waals surface area contributed by atoms with E-state index >= 15 is 0 Å². The van der Waals surface area contributed by atoms with Crippen LogP contribution in [0.5, 0.6) is 0 Å². The van der Waals surface area contributed by atoms with Crippen molar-refractivity contribution in [3.63, 3.8) is 0 Å². The van der Waals surface area contributed by atoms with E-state index in [0.29, 0.717) is 11.3 Å². The third-order valence-electron chi connectivity index (χ3n) is 3.20. The zero-order chi connectivity index (χ0) is 15.4. The fraction of sp³-hybridized carbons (Fsp3) is 0.0625. The smallest absolute Gasteiger partial charge is 0.251 e. The summed E-state index contributed by atoms with van der Waals surface area (Å²) in [5.41, 5.74) is 2.02. The molecule has 3 rings (SSSR count). The molecule has 3 aromatic rings. The van der Waals surface area contributed by atoms with Crippen molar-refractivity contribution in [2.45, 2.75) is 0 Å². The van der Waals surface area contributed by atoms with Crippen molar-refractivity contribution in [3.8, 4) is 0 Å². The van der Waals surface area contributed by atoms with E-state index in [1.807, 2.05) is 18.2 Å². The van der Waals surface area contributed by atoms with Gasteiger partial charge in [-0.15, -0.1) is 0 Å². The van der Waals surface area contributed by atoms with Gasteiger partial charge in [-0.2, -0.15) is 5.10 Å². The Labute approximate surface area is 126 Å². The highest BCUT2D eigenvalue weighted by atomic mass is 16.2. The van der Waals surface area contributed by atoms with Crippen LogP contribution in [0.3, 0.4) is 0 Å². The van der Waals surface area contributed by atoms with Gasteiger partial charge in [-0.3, -0.25) is 14.7 Å². The molecule has 0 aliphatic heterocycles. The Hall–Kier alpha value is -3.15. The summed E-state index contributed by atoms with van der Waals surface area (Å²) < 4.78 is 0. The maximum Gasteiger partial charge on any atom is 0.251 e. The van der Waals surface area contributed by atoms with Gasteiger partial charge in [0.15, 0.2) is 0 Å². The summed E-state index contributed by atoms with van der Waals surface area (Å²) in [5.74, 6) is -0.574. The Kier molecular flexibility index (Phi) is 3.82. The van der Waals surface area contributed by atoms with Crippen LogP contribution in [-0.4, -0.2) is 28.6 Å². The summed E-state index contributed by atoms with van der Waals surface area (Å²) in [4.78, 5) is 23.8. The number of anilines is 1. The van der Waals surface area contributed by atoms with Crippen molar-refractivity contribution in [3.05, 3.63) is 60.3 Å². The molecule has 0 unspecified atom stereocenters. The highest BCUT2D eigenvalue weighted by Crippen LogP contribution is 2.20. The maximum absolute atomic E-state index is 12.0. The predicted octanol–water partition coefficient (Wildman–Crippen LogP) is 1.93. The van der Waals surface area contributed by atoms with Gasteiger partial charge in [-0.05, 0) is 24.3 Å². The number of carbonyl (C=O) groups excluding carboxylic acids is 2. The third kappa shape index (κ3) is 2.95. The number of aromatic nitrogens is 2. The number of aromatic amines is 1. The lowest BCUT2D eigenvalue weighted by Gasteiger charge is -2.07. The molecule has 0 radical (unpaired) electrons. The molecule has 1 heterocycles. The molecule has 0 saturated heterocycles. The number of carbonyl (C=O) groups is 2. The van der Waals surface area contributed by atoms with Gasteiger partial charge in [0.2, 0.25) is 5.91 Å². The average molecular weight is 294 g/mol. The predicted molar refractivity (Wildman–Crippen MR) is 83.5 cm³/mol. The van der Waals surface area contributed by atoms with Gasteiger partial charge in [0, 0.05) is 10.9 Å². The lowest BCUT2D eigenvalue weighted by Crippen LogP contribution is -2.32. The van der Waals surface area contributed by atoms with Crippen molar-refractivity contribution in [1.29, 1.82) is 0 Å². The van der Waals surface area contributed by atoms with Crippen molar-refractivity contribution < 1.29 is 9.59 Å². The number of nitrogens with zero attached hydrogens (tertiary/aromatic N) is 1. The number of rotatable bonds is 4. The number of fused-ring (bicyclic) bond motifs is 1. The largest absolute Gasteiger partial charge is 0.343 e. The summed E-state index contributed by atoms with van der Waals surface area (Å²) in [6, 6.07) is 14.2. The molecule has 6 nitrogen and oxygen atoms in total. The summed E-state index contributed by atoms with van der Waals surface area (Å²) >= 11 is 0. The van der Waals surface area contributed by atoms with Crippen molar-refractivity contribution in [2.75, 3.05) is 11.9 Å². The Morgan fingerprint density at radius 3 is 2.68 bits per heavy atom. The van der Waals surface area contributed by atoms with E-state index in [0.717, 1.165) is 10.9 Å². The van der Waals surface area contributed by atoms with Gasteiger partial charge < -0.3 is 10.6 Å². The number of H-pyrrole nitrogens is 1. The molecule has 0 atom stereocenters. The molecular weight excluding hydrogens is 280 g/mol. The van der Waals surface area contributed by atoms with Gasteiger partial charge in [-0.1, -0.05) is 24.3 Å². The van der Waals surface area contributed by atoms with E-state index in [2.05, 4.69) is 20.8 Å². The Bertz CT molecular complexity index is 811. The van der Waals surface area contributed by atoms with Crippen LogP contribution in [0.2, 0.25) is 0 Å². The first-order chi connectivity index (χ1) is 10.7. The Balaban J connectivity index is 1.61. The van der Waals surface area contributed by atoms with E-state index in [1.165, 1.54) is 0 Å². The monoisotopic (exact) mass is 294 g/mol. The zero-order valence-corrected chi connectivity index (χ0v) is 11.7. The molecule has 1 aromatic heterocycles. The van der Waals surface area contributed by atoms with Crippen LogP contribution in [0.15, 0.2) is 54.7 Å². The van der Waals surface area contributed by atoms with Gasteiger partial charge in [0.25, 0.3) is 5.91 Å². The fourth-order valence-corrected chi connectivity index (χ4v) is 2.12. The minimum Gasteiger partial charge on any atom is -0.343 e. The van der Waals surface area contributed by atoms with Crippen LogP contribution in [0.1, 0.15) is 10.4 Å². The summed E-state index contributed by atoms with van der Waals surface area (Å²) in [6.45, 7) is -0.0953. The number of amides is 2. The maximum atomic E-state index is 12.0. The first-order valence-electron chi connectivity index (χ1n) is 6.79. The molecule has 2 aromatic carbocycles. The quantitative estimate of drug-likeness (QED) is 0.687. The van der Waals surface area contributed by atoms with Crippen LogP contribution >= 0.6 is 0 Å². The first-order valence-corrected chi connectivity index (χ1v) is 6.79. The first kappa shape index (κ1) is 13.8. The molecule has 110 valence electrons. The lowest BCUT2D eigenvalue weighted by molar-refractivity contribution is -0.115. The van der Waals surface area contributed by atoms with Gasteiger partial charge in [-0.25, -0.2) is 0 Å². The van der Waals surface area contributed by atoms with Crippen LogP contribution in [0.4, 0.5) is 5.69 Å². The van der Waals surface area contributed by atoms with E-state index in [9.17, 15) is 9.59 Å². The van der Waals surface area contributed by atoms with E-state index in [1.54, 1.807) is 36.5 Å². The average Bonchev–Trinajstić information content (AvgIpc) is 3.03. The molecule has 22 heavy (non-hydrogen) atoms. The summed E-state index contributed by atoms with van der Waals surface area (Å²) in [5, 5.41) is 12.9. The normalized spacial score (nSPS) is 10.4. The fourth-order valence-electron chi connectivity index (χ4n) is 2.12. The molecule has 2 amide bonds. The standard InChI is InChI=1S/C16H14N4O2/c21-15(10-17-16(22)11-5-2-1-3-6-11)19-13-7-4-8-14-12(13)9-18-20-14/h1-9H,10H2,(H,17,22)(H,18,20)(H,19,21). The summed E-state index contributed by atoms with van der Waals surface area (Å²) in [7, 11) is 0. The Morgan fingerprint density at radius 1 is 1.05 bits per heavy atom. The molecule has 0 bridgehead atoms. The van der Waals surface area contributed by atoms with Gasteiger partial charge in [0.1, 0.15) is 0 Å². The molecule has 0 spiro atoms. The summed E-state index contributed by atoms with van der Waals surface area (Å²) in [6.07, 6.45) is 1.65. The minimum absolute atomic E-state index is 0.0953. The second kappa shape index (κ2) is 6.09. The van der Waals surface area contributed by atoms with Crippen molar-refractivity contribution >= 4 is 28.4 Å². The number of nitrogens with one attached hydrogen (secondary N) is 3. The molecular formula is C16H14N4O2. The van der Waals surface area contributed by atoms with Crippen LogP contribution in [-0.2, 0) is 4.79 Å². The highest BCUT2D eigenvalue weighted by Gasteiger charge is 2.09. The number of benzene rings is 2. The van der Waals surface area contributed by atoms with Crippen molar-refractivity contribution in [2.24, 2.45) is 0 Å². The van der Waals surface area contributed by atoms with Gasteiger partial charge in [0.05, 0.1) is 23.9 Å². The second-order valence-electron chi connectivity index (χ2n) is 4.73. The minimum atomic E-state index is -0.294. The van der Waals surface area contributed by atoms with Crippen LogP contribution in [0, 0.1) is 0 Å². The topological polar surface area (TPSA) is 86.9 Å². The molecule has 3 N–H and O–H groups in total. The molecule has 0 aliphatic rings. The van der Waals surface area contributed by atoms with Crippen molar-refractivity contribution in [1.82, 2.24) is 15.5 Å². The van der Waals surface area contributed by atoms with Gasteiger partial charge >= 0.3 is 0 Å². The van der Waals surface area contributed by atoms with E-state index in [4.69, 9.17) is 0 Å². The second-order valence-corrected chi connectivity index (χ2v) is 4.73. The van der Waals surface area contributed by atoms with Crippen LogP contribution < -0.4 is 10.6 Å². The molecule has 0 fully saturated rings. The molecule has 0 aliphatic carbocycles. The molecule has 6 heteroatoms. The van der Waals surface area contributed by atoms with Crippen LogP contribution in [0.25, 0.3) is 10.9 Å². The number of hydrogen-bond donors (Lipinski definition) is 3. The lowest BCUT2D eigenvalue weighted by atomic mass is 10.2. The SMILES string of the molecule is O=C(CNC(=O)c1ccccc1)Nc1cccc2[nH]ncc12. The number of hydrogen-bond acceptors (Lipinski definition) is 3. The van der Waals surface area contributed by atoms with E-state index < -0.39 is 0 Å². The zero-order valence-electron chi connectivity index (χ0n) is 11.7. The van der Waals surface area contributed by atoms with E-state index in [-0.39, 0.29) is 18.4 Å².